The maximum absolute atomic E-state index is 12.4. The van der Waals surface area contributed by atoms with Gasteiger partial charge >= 0.3 is 0 Å². The molecule has 3 rings (SSSR count). The van der Waals surface area contributed by atoms with Gasteiger partial charge in [-0.15, -0.1) is 0 Å². The fraction of sp³-hybridized carbons (Fsp3) is 0.333. The molecular weight excluding hydrogens is 338 g/mol. The molecule has 1 amide bonds. The predicted octanol–water partition coefficient (Wildman–Crippen LogP) is 2.36. The number of carbonyl (C=O) groups excluding carboxylic acids is 1. The van der Waals surface area contributed by atoms with Gasteiger partial charge in [0.15, 0.2) is 9.84 Å². The first-order valence-electron chi connectivity index (χ1n) is 8.15. The van der Waals surface area contributed by atoms with Gasteiger partial charge in [0.25, 0.3) is 5.91 Å². The monoisotopic (exact) mass is 359 g/mol. The van der Waals surface area contributed by atoms with E-state index in [0.717, 1.165) is 16.8 Å². The highest BCUT2D eigenvalue weighted by Gasteiger charge is 2.29. The first kappa shape index (κ1) is 17.4. The first-order valence-corrected chi connectivity index (χ1v) is 9.97. The van der Waals surface area contributed by atoms with Gasteiger partial charge in [0.1, 0.15) is 5.82 Å². The minimum absolute atomic E-state index is 0.0112. The zero-order chi connectivity index (χ0) is 18.0. The second kappa shape index (κ2) is 6.84. The molecule has 1 aromatic carbocycles. The number of para-hydroxylation sites is 1. The van der Waals surface area contributed by atoms with Crippen LogP contribution in [0.15, 0.2) is 36.5 Å². The van der Waals surface area contributed by atoms with Crippen LogP contribution in [0.4, 0.5) is 11.5 Å². The molecule has 1 aliphatic rings. The van der Waals surface area contributed by atoms with E-state index in [1.165, 1.54) is 0 Å². The van der Waals surface area contributed by atoms with Crippen LogP contribution in [0.1, 0.15) is 27.9 Å². The van der Waals surface area contributed by atoms with Gasteiger partial charge < -0.3 is 10.6 Å². The average molecular weight is 359 g/mol. The summed E-state index contributed by atoms with van der Waals surface area (Å²) < 4.78 is 23.0. The third-order valence-corrected chi connectivity index (χ3v) is 6.09. The molecule has 1 fully saturated rings. The van der Waals surface area contributed by atoms with Crippen LogP contribution in [-0.4, -0.2) is 36.9 Å². The Hall–Kier alpha value is -2.41. The SMILES string of the molecule is Cc1cccc(C)c1Nc1cc(C(=O)NC2CCS(=O)(=O)C2)ccn1. The number of nitrogens with one attached hydrogen (secondary N) is 2. The molecule has 7 heteroatoms. The van der Waals surface area contributed by atoms with Crippen molar-refractivity contribution in [3.8, 4) is 0 Å². The third-order valence-electron chi connectivity index (χ3n) is 4.32. The van der Waals surface area contributed by atoms with Crippen molar-refractivity contribution in [1.82, 2.24) is 10.3 Å². The number of sulfone groups is 1. The van der Waals surface area contributed by atoms with E-state index in [2.05, 4.69) is 15.6 Å². The smallest absolute Gasteiger partial charge is 0.251 e. The number of rotatable bonds is 4. The van der Waals surface area contributed by atoms with Crippen LogP contribution in [-0.2, 0) is 9.84 Å². The number of benzene rings is 1. The Kier molecular flexibility index (Phi) is 4.76. The largest absolute Gasteiger partial charge is 0.348 e. The Morgan fingerprint density at radius 2 is 1.92 bits per heavy atom. The number of anilines is 2. The molecular formula is C18H21N3O3S. The summed E-state index contributed by atoms with van der Waals surface area (Å²) in [5.74, 6) is 0.434. The fourth-order valence-corrected chi connectivity index (χ4v) is 4.63. The Bertz CT molecular complexity index is 889. The summed E-state index contributed by atoms with van der Waals surface area (Å²) >= 11 is 0. The molecule has 25 heavy (non-hydrogen) atoms. The van der Waals surface area contributed by atoms with Gasteiger partial charge in [-0.1, -0.05) is 18.2 Å². The second-order valence-corrected chi connectivity index (χ2v) is 8.62. The van der Waals surface area contributed by atoms with Crippen LogP contribution >= 0.6 is 0 Å². The van der Waals surface area contributed by atoms with Crippen molar-refractivity contribution in [3.05, 3.63) is 53.2 Å². The van der Waals surface area contributed by atoms with E-state index >= 15 is 0 Å². The van der Waals surface area contributed by atoms with Crippen molar-refractivity contribution < 1.29 is 13.2 Å². The van der Waals surface area contributed by atoms with Crippen molar-refractivity contribution in [1.29, 1.82) is 0 Å². The highest BCUT2D eigenvalue weighted by molar-refractivity contribution is 7.91. The molecule has 0 radical (unpaired) electrons. The lowest BCUT2D eigenvalue weighted by Gasteiger charge is -2.14. The molecule has 1 aliphatic heterocycles. The Morgan fingerprint density at radius 3 is 2.56 bits per heavy atom. The van der Waals surface area contributed by atoms with Crippen LogP contribution in [0, 0.1) is 13.8 Å². The van der Waals surface area contributed by atoms with E-state index < -0.39 is 9.84 Å². The Morgan fingerprint density at radius 1 is 1.20 bits per heavy atom. The number of nitrogens with zero attached hydrogens (tertiary/aromatic N) is 1. The Balaban J connectivity index is 1.74. The number of aryl methyl sites for hydroxylation is 2. The summed E-state index contributed by atoms with van der Waals surface area (Å²) in [4.78, 5) is 16.7. The van der Waals surface area contributed by atoms with Gasteiger partial charge in [0.05, 0.1) is 11.5 Å². The maximum Gasteiger partial charge on any atom is 0.251 e. The van der Waals surface area contributed by atoms with E-state index in [9.17, 15) is 13.2 Å². The van der Waals surface area contributed by atoms with Crippen molar-refractivity contribution in [2.45, 2.75) is 26.3 Å². The van der Waals surface area contributed by atoms with Gasteiger partial charge in [0.2, 0.25) is 0 Å². The third kappa shape index (κ3) is 4.17. The molecule has 132 valence electrons. The molecule has 0 saturated carbocycles. The van der Waals surface area contributed by atoms with E-state index in [1.54, 1.807) is 18.3 Å². The molecule has 2 N–H and O–H groups in total. The van der Waals surface area contributed by atoms with Gasteiger partial charge in [-0.2, -0.15) is 0 Å². The molecule has 2 heterocycles. The molecule has 1 unspecified atom stereocenters. The highest BCUT2D eigenvalue weighted by atomic mass is 32.2. The summed E-state index contributed by atoms with van der Waals surface area (Å²) in [6, 6.07) is 8.97. The number of carbonyl (C=O) groups is 1. The summed E-state index contributed by atoms with van der Waals surface area (Å²) in [6.07, 6.45) is 2.03. The lowest BCUT2D eigenvalue weighted by molar-refractivity contribution is 0.0941. The first-order chi connectivity index (χ1) is 11.8. The van der Waals surface area contributed by atoms with Crippen LogP contribution in [0.25, 0.3) is 0 Å². The summed E-state index contributed by atoms with van der Waals surface area (Å²) in [7, 11) is -3.02. The molecule has 0 bridgehead atoms. The van der Waals surface area contributed by atoms with Crippen molar-refractivity contribution >= 4 is 27.2 Å². The topological polar surface area (TPSA) is 88.2 Å². The van der Waals surface area contributed by atoms with Crippen LogP contribution in [0.5, 0.6) is 0 Å². The molecule has 2 aromatic rings. The summed E-state index contributed by atoms with van der Waals surface area (Å²) in [6.45, 7) is 4.01. The standard InChI is InChI=1S/C18H21N3O3S/c1-12-4-3-5-13(2)17(12)21-16-10-14(6-8-19-16)18(22)20-15-7-9-25(23,24)11-15/h3-6,8,10,15H,7,9,11H2,1-2H3,(H,19,21)(H,20,22). The lowest BCUT2D eigenvalue weighted by atomic mass is 10.1. The van der Waals surface area contributed by atoms with E-state index in [4.69, 9.17) is 0 Å². The quantitative estimate of drug-likeness (QED) is 0.875. The zero-order valence-corrected chi connectivity index (χ0v) is 15.1. The summed E-state index contributed by atoms with van der Waals surface area (Å²) in [5.41, 5.74) is 3.60. The number of hydrogen-bond acceptors (Lipinski definition) is 5. The van der Waals surface area contributed by atoms with E-state index in [1.807, 2.05) is 32.0 Å². The highest BCUT2D eigenvalue weighted by Crippen LogP contribution is 2.23. The number of hydrogen-bond donors (Lipinski definition) is 2. The Labute approximate surface area is 147 Å². The van der Waals surface area contributed by atoms with Gasteiger partial charge in [0, 0.05) is 23.5 Å². The van der Waals surface area contributed by atoms with Crippen molar-refractivity contribution in [2.24, 2.45) is 0 Å². The van der Waals surface area contributed by atoms with E-state index in [0.29, 0.717) is 17.8 Å². The summed E-state index contributed by atoms with van der Waals surface area (Å²) in [5, 5.41) is 6.05. The van der Waals surface area contributed by atoms with Crippen LogP contribution in [0.2, 0.25) is 0 Å². The molecule has 1 aromatic heterocycles. The van der Waals surface area contributed by atoms with Crippen LogP contribution in [0.3, 0.4) is 0 Å². The second-order valence-electron chi connectivity index (χ2n) is 6.39. The van der Waals surface area contributed by atoms with Gasteiger partial charge in [-0.3, -0.25) is 4.79 Å². The zero-order valence-electron chi connectivity index (χ0n) is 14.2. The molecule has 1 atom stereocenters. The predicted molar refractivity (Wildman–Crippen MR) is 98.0 cm³/mol. The van der Waals surface area contributed by atoms with Crippen molar-refractivity contribution in [3.63, 3.8) is 0 Å². The van der Waals surface area contributed by atoms with Crippen LogP contribution < -0.4 is 10.6 Å². The minimum Gasteiger partial charge on any atom is -0.348 e. The number of aromatic nitrogens is 1. The fourth-order valence-electron chi connectivity index (χ4n) is 2.96. The molecule has 1 saturated heterocycles. The number of pyridine rings is 1. The van der Waals surface area contributed by atoms with Gasteiger partial charge in [-0.25, -0.2) is 13.4 Å². The van der Waals surface area contributed by atoms with Crippen molar-refractivity contribution in [2.75, 3.05) is 16.8 Å². The normalized spacial score (nSPS) is 18.7. The van der Waals surface area contributed by atoms with Gasteiger partial charge in [-0.05, 0) is 43.5 Å². The van der Waals surface area contributed by atoms with E-state index in [-0.39, 0.29) is 23.5 Å². The minimum atomic E-state index is -3.02. The molecule has 0 spiro atoms. The molecule has 0 aliphatic carbocycles. The lowest BCUT2D eigenvalue weighted by Crippen LogP contribution is -2.35. The molecule has 6 nitrogen and oxygen atoms in total. The average Bonchev–Trinajstić information content (AvgIpc) is 2.90. The number of amides is 1. The maximum atomic E-state index is 12.4.